The van der Waals surface area contributed by atoms with Crippen LogP contribution in [-0.4, -0.2) is 53.3 Å². The number of nitrogens with zero attached hydrogens (tertiary/aromatic N) is 2. The summed E-state index contributed by atoms with van der Waals surface area (Å²) in [6.45, 7) is 6.68. The summed E-state index contributed by atoms with van der Waals surface area (Å²) in [4.78, 5) is 16.4. The fourth-order valence-corrected chi connectivity index (χ4v) is 3.53. The summed E-state index contributed by atoms with van der Waals surface area (Å²) in [7, 11) is 0. The number of rotatable bonds is 5. The number of aliphatic hydroxyl groups is 1. The predicted octanol–water partition coefficient (Wildman–Crippen LogP) is 3.11. The first-order chi connectivity index (χ1) is 13.0. The van der Waals surface area contributed by atoms with E-state index in [0.717, 1.165) is 29.9 Å². The maximum atomic E-state index is 12.4. The van der Waals surface area contributed by atoms with Gasteiger partial charge in [-0.1, -0.05) is 44.2 Å². The SMILES string of the molecule is CC(C)C[C@@H](O)C(=O)N1CCN(c2cccc(-c3ccccc3O)c2)CC1. The van der Waals surface area contributed by atoms with E-state index in [1.54, 1.807) is 11.0 Å². The van der Waals surface area contributed by atoms with E-state index >= 15 is 0 Å². The number of anilines is 1. The van der Waals surface area contributed by atoms with Gasteiger partial charge in [0.15, 0.2) is 0 Å². The summed E-state index contributed by atoms with van der Waals surface area (Å²) in [5.41, 5.74) is 2.85. The zero-order valence-electron chi connectivity index (χ0n) is 16.0. The number of aromatic hydroxyl groups is 1. The molecule has 0 radical (unpaired) electrons. The molecule has 2 N–H and O–H groups in total. The molecule has 0 aromatic heterocycles. The fourth-order valence-electron chi connectivity index (χ4n) is 3.53. The highest BCUT2D eigenvalue weighted by Gasteiger charge is 2.26. The van der Waals surface area contributed by atoms with E-state index in [2.05, 4.69) is 17.0 Å². The average molecular weight is 368 g/mol. The van der Waals surface area contributed by atoms with Gasteiger partial charge in [-0.3, -0.25) is 4.79 Å². The average Bonchev–Trinajstić information content (AvgIpc) is 2.67. The maximum absolute atomic E-state index is 12.4. The standard InChI is InChI=1S/C22H28N2O3/c1-16(2)14-21(26)22(27)24-12-10-23(11-13-24)18-7-5-6-17(15-18)19-8-3-4-9-20(19)25/h3-9,15-16,21,25-26H,10-14H2,1-2H3/t21-/m1/s1. The van der Waals surface area contributed by atoms with Crippen molar-refractivity contribution in [3.8, 4) is 16.9 Å². The number of phenolic OH excluding ortho intramolecular Hbond substituents is 1. The van der Waals surface area contributed by atoms with Crippen molar-refractivity contribution in [3.63, 3.8) is 0 Å². The van der Waals surface area contributed by atoms with Crippen LogP contribution in [0.1, 0.15) is 20.3 Å². The van der Waals surface area contributed by atoms with Gasteiger partial charge >= 0.3 is 0 Å². The first-order valence-electron chi connectivity index (χ1n) is 9.56. The first-order valence-corrected chi connectivity index (χ1v) is 9.56. The third-order valence-corrected chi connectivity index (χ3v) is 5.00. The fraction of sp³-hybridized carbons (Fsp3) is 0.409. The molecule has 0 aliphatic carbocycles. The Morgan fingerprint density at radius 1 is 1.04 bits per heavy atom. The second kappa shape index (κ2) is 8.44. The maximum Gasteiger partial charge on any atom is 0.251 e. The number of piperazine rings is 1. The Morgan fingerprint density at radius 2 is 1.74 bits per heavy atom. The molecule has 144 valence electrons. The number of hydrogen-bond acceptors (Lipinski definition) is 4. The smallest absolute Gasteiger partial charge is 0.251 e. The lowest BCUT2D eigenvalue weighted by molar-refractivity contribution is -0.141. The van der Waals surface area contributed by atoms with Crippen molar-refractivity contribution in [2.45, 2.75) is 26.4 Å². The molecule has 1 saturated heterocycles. The second-order valence-corrected chi connectivity index (χ2v) is 7.53. The molecule has 1 amide bonds. The predicted molar refractivity (Wildman–Crippen MR) is 108 cm³/mol. The van der Waals surface area contributed by atoms with Crippen LogP contribution in [0.2, 0.25) is 0 Å². The zero-order valence-corrected chi connectivity index (χ0v) is 16.0. The van der Waals surface area contributed by atoms with Crippen LogP contribution >= 0.6 is 0 Å². The number of carbonyl (C=O) groups excluding carboxylic acids is 1. The number of amides is 1. The van der Waals surface area contributed by atoms with Crippen molar-refractivity contribution < 1.29 is 15.0 Å². The molecule has 0 spiro atoms. The minimum atomic E-state index is -0.902. The zero-order chi connectivity index (χ0) is 19.4. The van der Waals surface area contributed by atoms with Gasteiger partial charge in [-0.15, -0.1) is 0 Å². The number of hydrogen-bond donors (Lipinski definition) is 2. The Bertz CT molecular complexity index is 783. The summed E-state index contributed by atoms with van der Waals surface area (Å²) in [6.07, 6.45) is -0.400. The molecule has 0 bridgehead atoms. The number of para-hydroxylation sites is 1. The molecule has 27 heavy (non-hydrogen) atoms. The lowest BCUT2D eigenvalue weighted by Crippen LogP contribution is -2.51. The molecular formula is C22H28N2O3. The highest BCUT2D eigenvalue weighted by molar-refractivity contribution is 5.81. The molecule has 5 heteroatoms. The number of carbonyl (C=O) groups is 1. The summed E-state index contributed by atoms with van der Waals surface area (Å²) in [5.74, 6) is 0.401. The second-order valence-electron chi connectivity index (χ2n) is 7.53. The number of phenols is 1. The van der Waals surface area contributed by atoms with Gasteiger partial charge < -0.3 is 20.0 Å². The van der Waals surface area contributed by atoms with Crippen molar-refractivity contribution in [2.75, 3.05) is 31.1 Å². The van der Waals surface area contributed by atoms with Gasteiger partial charge in [0.2, 0.25) is 0 Å². The van der Waals surface area contributed by atoms with Crippen molar-refractivity contribution in [2.24, 2.45) is 5.92 Å². The number of benzene rings is 2. The third-order valence-electron chi connectivity index (χ3n) is 5.00. The van der Waals surface area contributed by atoms with Crippen LogP contribution in [0.15, 0.2) is 48.5 Å². The highest BCUT2D eigenvalue weighted by Crippen LogP contribution is 2.31. The number of aliphatic hydroxyl groups excluding tert-OH is 1. The van der Waals surface area contributed by atoms with Crippen LogP contribution in [0, 0.1) is 5.92 Å². The lowest BCUT2D eigenvalue weighted by atomic mass is 10.0. The van der Waals surface area contributed by atoms with E-state index in [9.17, 15) is 15.0 Å². The summed E-state index contributed by atoms with van der Waals surface area (Å²) in [6, 6.07) is 15.4. The van der Waals surface area contributed by atoms with Gasteiger partial charge in [0.1, 0.15) is 11.9 Å². The molecule has 1 fully saturated rings. The molecule has 0 unspecified atom stereocenters. The van der Waals surface area contributed by atoms with Gasteiger partial charge in [0.25, 0.3) is 5.91 Å². The van der Waals surface area contributed by atoms with Crippen molar-refractivity contribution in [1.82, 2.24) is 4.90 Å². The van der Waals surface area contributed by atoms with Gasteiger partial charge in [-0.25, -0.2) is 0 Å². The molecule has 2 aromatic rings. The van der Waals surface area contributed by atoms with Crippen LogP contribution in [0.3, 0.4) is 0 Å². The molecule has 3 rings (SSSR count). The summed E-state index contributed by atoms with van der Waals surface area (Å²) >= 11 is 0. The molecule has 1 aliphatic heterocycles. The van der Waals surface area contributed by atoms with Crippen molar-refractivity contribution in [3.05, 3.63) is 48.5 Å². The van der Waals surface area contributed by atoms with Crippen LogP contribution < -0.4 is 4.90 Å². The van der Waals surface area contributed by atoms with E-state index < -0.39 is 6.10 Å². The van der Waals surface area contributed by atoms with Crippen LogP contribution in [0.4, 0.5) is 5.69 Å². The minimum absolute atomic E-state index is 0.161. The monoisotopic (exact) mass is 368 g/mol. The van der Waals surface area contributed by atoms with Crippen molar-refractivity contribution in [1.29, 1.82) is 0 Å². The molecule has 1 atom stereocenters. The van der Waals surface area contributed by atoms with E-state index in [1.165, 1.54) is 0 Å². The Balaban J connectivity index is 1.66. The normalized spacial score (nSPS) is 15.9. The Labute approximate surface area is 160 Å². The van der Waals surface area contributed by atoms with E-state index in [4.69, 9.17) is 0 Å². The lowest BCUT2D eigenvalue weighted by Gasteiger charge is -2.37. The molecular weight excluding hydrogens is 340 g/mol. The third kappa shape index (κ3) is 4.61. The topological polar surface area (TPSA) is 64.0 Å². The van der Waals surface area contributed by atoms with Gasteiger partial charge in [-0.2, -0.15) is 0 Å². The highest BCUT2D eigenvalue weighted by atomic mass is 16.3. The van der Waals surface area contributed by atoms with Crippen LogP contribution in [0.25, 0.3) is 11.1 Å². The van der Waals surface area contributed by atoms with E-state index in [0.29, 0.717) is 25.4 Å². The van der Waals surface area contributed by atoms with Gasteiger partial charge in [0.05, 0.1) is 0 Å². The molecule has 5 nitrogen and oxygen atoms in total. The summed E-state index contributed by atoms with van der Waals surface area (Å²) < 4.78 is 0. The van der Waals surface area contributed by atoms with Gasteiger partial charge in [-0.05, 0) is 36.1 Å². The largest absolute Gasteiger partial charge is 0.507 e. The quantitative estimate of drug-likeness (QED) is 0.851. The molecule has 0 saturated carbocycles. The Kier molecular flexibility index (Phi) is 6.01. The first kappa shape index (κ1) is 19.2. The van der Waals surface area contributed by atoms with Crippen LogP contribution in [0.5, 0.6) is 5.75 Å². The van der Waals surface area contributed by atoms with Gasteiger partial charge in [0, 0.05) is 37.4 Å². The van der Waals surface area contributed by atoms with E-state index in [-0.39, 0.29) is 11.7 Å². The van der Waals surface area contributed by atoms with Crippen molar-refractivity contribution >= 4 is 11.6 Å². The molecule has 1 aliphatic rings. The minimum Gasteiger partial charge on any atom is -0.507 e. The Morgan fingerprint density at radius 3 is 2.41 bits per heavy atom. The Hall–Kier alpha value is -2.53. The molecule has 2 aromatic carbocycles. The van der Waals surface area contributed by atoms with E-state index in [1.807, 2.05) is 44.2 Å². The molecule has 1 heterocycles. The summed E-state index contributed by atoms with van der Waals surface area (Å²) in [5, 5.41) is 20.2. The van der Waals surface area contributed by atoms with Crippen LogP contribution in [-0.2, 0) is 4.79 Å².